The van der Waals surface area contributed by atoms with Crippen LogP contribution in [0.25, 0.3) is 0 Å². The van der Waals surface area contributed by atoms with Gasteiger partial charge in [-0.1, -0.05) is 24.3 Å². The first-order chi connectivity index (χ1) is 12.7. The molecule has 0 bridgehead atoms. The fourth-order valence-electron chi connectivity index (χ4n) is 3.70. The standard InChI is InChI=1S/C21H24N2O3/c1-22(13-17-9-10-23(14-17)18-5-3-2-4-6-18)21(24)12-16-7-8-19-20(11-16)26-15-25-19/h2-8,11,17H,9-10,12-15H2,1H3/t17-/m1/s1. The Hall–Kier alpha value is -2.69. The molecule has 1 fully saturated rings. The molecule has 1 amide bonds. The van der Waals surface area contributed by atoms with E-state index in [0.29, 0.717) is 12.3 Å². The minimum atomic E-state index is 0.141. The van der Waals surface area contributed by atoms with Crippen LogP contribution in [0.3, 0.4) is 0 Å². The second-order valence-electron chi connectivity index (χ2n) is 7.07. The van der Waals surface area contributed by atoms with Gasteiger partial charge in [-0.25, -0.2) is 0 Å². The lowest BCUT2D eigenvalue weighted by Gasteiger charge is -2.23. The van der Waals surface area contributed by atoms with E-state index in [9.17, 15) is 4.79 Å². The first-order valence-electron chi connectivity index (χ1n) is 9.11. The lowest BCUT2D eigenvalue weighted by atomic mass is 10.1. The van der Waals surface area contributed by atoms with E-state index in [1.165, 1.54) is 5.69 Å². The maximum absolute atomic E-state index is 12.6. The third kappa shape index (κ3) is 3.62. The smallest absolute Gasteiger partial charge is 0.231 e. The van der Waals surface area contributed by atoms with Crippen molar-refractivity contribution in [2.45, 2.75) is 12.8 Å². The van der Waals surface area contributed by atoms with Gasteiger partial charge in [0.05, 0.1) is 6.42 Å². The van der Waals surface area contributed by atoms with Crippen LogP contribution in [0, 0.1) is 5.92 Å². The third-order valence-electron chi connectivity index (χ3n) is 5.16. The Morgan fingerprint density at radius 3 is 2.81 bits per heavy atom. The van der Waals surface area contributed by atoms with Gasteiger partial charge < -0.3 is 19.3 Å². The van der Waals surface area contributed by atoms with Crippen LogP contribution in [0.5, 0.6) is 11.5 Å². The zero-order valence-electron chi connectivity index (χ0n) is 15.1. The topological polar surface area (TPSA) is 42.0 Å². The summed E-state index contributed by atoms with van der Waals surface area (Å²) in [5.74, 6) is 2.14. The molecule has 1 atom stereocenters. The van der Waals surface area contributed by atoms with Gasteiger partial charge in [-0.15, -0.1) is 0 Å². The number of likely N-dealkylation sites (N-methyl/N-ethyl adjacent to an activating group) is 1. The predicted octanol–water partition coefficient (Wildman–Crippen LogP) is 2.94. The van der Waals surface area contributed by atoms with E-state index < -0.39 is 0 Å². The summed E-state index contributed by atoms with van der Waals surface area (Å²) in [5, 5.41) is 0. The molecule has 0 N–H and O–H groups in total. The van der Waals surface area contributed by atoms with Crippen molar-refractivity contribution in [3.63, 3.8) is 0 Å². The van der Waals surface area contributed by atoms with E-state index >= 15 is 0 Å². The Labute approximate surface area is 154 Å². The van der Waals surface area contributed by atoms with E-state index in [2.05, 4.69) is 29.2 Å². The van der Waals surface area contributed by atoms with Gasteiger partial charge >= 0.3 is 0 Å². The van der Waals surface area contributed by atoms with Crippen molar-refractivity contribution in [1.29, 1.82) is 0 Å². The number of benzene rings is 2. The number of rotatable bonds is 5. The fraction of sp³-hybridized carbons (Fsp3) is 0.381. The molecule has 5 heteroatoms. The molecular weight excluding hydrogens is 328 g/mol. The number of nitrogens with zero attached hydrogens (tertiary/aromatic N) is 2. The van der Waals surface area contributed by atoms with E-state index in [-0.39, 0.29) is 12.7 Å². The lowest BCUT2D eigenvalue weighted by molar-refractivity contribution is -0.129. The summed E-state index contributed by atoms with van der Waals surface area (Å²) in [4.78, 5) is 16.9. The summed E-state index contributed by atoms with van der Waals surface area (Å²) in [5.41, 5.74) is 2.23. The van der Waals surface area contributed by atoms with Gasteiger partial charge in [-0.2, -0.15) is 0 Å². The largest absolute Gasteiger partial charge is 0.454 e. The van der Waals surface area contributed by atoms with Crippen molar-refractivity contribution in [3.8, 4) is 11.5 Å². The van der Waals surface area contributed by atoms with Crippen LogP contribution in [0.15, 0.2) is 48.5 Å². The summed E-state index contributed by atoms with van der Waals surface area (Å²) in [7, 11) is 1.90. The summed E-state index contributed by atoms with van der Waals surface area (Å²) < 4.78 is 10.7. The number of hydrogen-bond acceptors (Lipinski definition) is 4. The van der Waals surface area contributed by atoms with Crippen molar-refractivity contribution < 1.29 is 14.3 Å². The molecule has 5 nitrogen and oxygen atoms in total. The van der Waals surface area contributed by atoms with Gasteiger partial charge in [-0.3, -0.25) is 4.79 Å². The molecule has 0 saturated carbocycles. The zero-order chi connectivity index (χ0) is 17.9. The number of hydrogen-bond donors (Lipinski definition) is 0. The highest BCUT2D eigenvalue weighted by Gasteiger charge is 2.25. The highest BCUT2D eigenvalue weighted by molar-refractivity contribution is 5.78. The number of ether oxygens (including phenoxy) is 2. The van der Waals surface area contributed by atoms with Crippen LogP contribution < -0.4 is 14.4 Å². The van der Waals surface area contributed by atoms with Crippen LogP contribution >= 0.6 is 0 Å². The summed E-state index contributed by atoms with van der Waals surface area (Å²) in [6.45, 7) is 3.11. The molecule has 2 heterocycles. The van der Waals surface area contributed by atoms with Crippen LogP contribution in [0.4, 0.5) is 5.69 Å². The number of carbonyl (C=O) groups is 1. The van der Waals surface area contributed by atoms with Gasteiger partial charge in [0.25, 0.3) is 0 Å². The molecule has 0 aromatic heterocycles. The fourth-order valence-corrected chi connectivity index (χ4v) is 3.70. The highest BCUT2D eigenvalue weighted by atomic mass is 16.7. The second kappa shape index (κ2) is 7.28. The van der Waals surface area contributed by atoms with E-state index in [0.717, 1.165) is 43.1 Å². The van der Waals surface area contributed by atoms with Crippen molar-refractivity contribution in [2.75, 3.05) is 38.4 Å². The molecule has 136 valence electrons. The average molecular weight is 352 g/mol. The molecule has 0 unspecified atom stereocenters. The molecule has 0 radical (unpaired) electrons. The SMILES string of the molecule is CN(C[C@H]1CCN(c2ccccc2)C1)C(=O)Cc1ccc2c(c1)OCO2. The molecule has 2 aromatic carbocycles. The van der Waals surface area contributed by atoms with Crippen molar-refractivity contribution >= 4 is 11.6 Å². The Balaban J connectivity index is 1.30. The highest BCUT2D eigenvalue weighted by Crippen LogP contribution is 2.32. The lowest BCUT2D eigenvalue weighted by Crippen LogP contribution is -2.34. The normalized spacial score (nSPS) is 18.2. The first kappa shape index (κ1) is 16.8. The van der Waals surface area contributed by atoms with Crippen LogP contribution in [0.2, 0.25) is 0 Å². The van der Waals surface area contributed by atoms with E-state index in [4.69, 9.17) is 9.47 Å². The molecule has 2 aliphatic heterocycles. The summed E-state index contributed by atoms with van der Waals surface area (Å²) in [6, 6.07) is 16.2. The quantitative estimate of drug-likeness (QED) is 0.830. The number of carbonyl (C=O) groups excluding carboxylic acids is 1. The first-order valence-corrected chi connectivity index (χ1v) is 9.11. The zero-order valence-corrected chi connectivity index (χ0v) is 15.1. The van der Waals surface area contributed by atoms with Gasteiger partial charge in [0.2, 0.25) is 12.7 Å². The van der Waals surface area contributed by atoms with Gasteiger partial charge in [-0.05, 0) is 42.2 Å². The molecule has 0 spiro atoms. The molecule has 0 aliphatic carbocycles. The predicted molar refractivity (Wildman–Crippen MR) is 101 cm³/mol. The van der Waals surface area contributed by atoms with Gasteiger partial charge in [0.15, 0.2) is 11.5 Å². The molecule has 2 aromatic rings. The maximum atomic E-state index is 12.6. The Morgan fingerprint density at radius 1 is 1.15 bits per heavy atom. The van der Waals surface area contributed by atoms with Crippen LogP contribution in [-0.4, -0.2) is 44.3 Å². The summed E-state index contributed by atoms with van der Waals surface area (Å²) in [6.07, 6.45) is 1.51. The van der Waals surface area contributed by atoms with E-state index in [1.54, 1.807) is 0 Å². The summed E-state index contributed by atoms with van der Waals surface area (Å²) >= 11 is 0. The Bertz CT molecular complexity index is 778. The molecule has 4 rings (SSSR count). The minimum Gasteiger partial charge on any atom is -0.454 e. The number of amides is 1. The van der Waals surface area contributed by atoms with Crippen LogP contribution in [-0.2, 0) is 11.2 Å². The average Bonchev–Trinajstić information content (AvgIpc) is 3.31. The van der Waals surface area contributed by atoms with Gasteiger partial charge in [0, 0.05) is 32.4 Å². The Kier molecular flexibility index (Phi) is 4.69. The molecule has 26 heavy (non-hydrogen) atoms. The second-order valence-corrected chi connectivity index (χ2v) is 7.07. The van der Waals surface area contributed by atoms with Crippen molar-refractivity contribution in [2.24, 2.45) is 5.92 Å². The molecule has 1 saturated heterocycles. The number of anilines is 1. The maximum Gasteiger partial charge on any atom is 0.231 e. The number of fused-ring (bicyclic) bond motifs is 1. The number of para-hydroxylation sites is 1. The van der Waals surface area contributed by atoms with Crippen LogP contribution in [0.1, 0.15) is 12.0 Å². The van der Waals surface area contributed by atoms with Crippen molar-refractivity contribution in [1.82, 2.24) is 4.90 Å². The third-order valence-corrected chi connectivity index (χ3v) is 5.16. The molecular formula is C21H24N2O3. The minimum absolute atomic E-state index is 0.141. The van der Waals surface area contributed by atoms with Gasteiger partial charge in [0.1, 0.15) is 0 Å². The molecule has 2 aliphatic rings. The van der Waals surface area contributed by atoms with E-state index in [1.807, 2.05) is 36.2 Å². The monoisotopic (exact) mass is 352 g/mol. The van der Waals surface area contributed by atoms with Crippen molar-refractivity contribution in [3.05, 3.63) is 54.1 Å². The Morgan fingerprint density at radius 2 is 1.96 bits per heavy atom.